The molecule has 0 fully saturated rings. The first-order chi connectivity index (χ1) is 11.0. The van der Waals surface area contributed by atoms with Gasteiger partial charge >= 0.3 is 0 Å². The molecule has 124 valence electrons. The van der Waals surface area contributed by atoms with Crippen LogP contribution in [0.25, 0.3) is 22.0 Å². The van der Waals surface area contributed by atoms with Gasteiger partial charge < -0.3 is 4.57 Å². The van der Waals surface area contributed by atoms with E-state index in [1.54, 1.807) is 0 Å². The molecule has 2 aromatic carbocycles. The van der Waals surface area contributed by atoms with Crippen LogP contribution < -0.4 is 0 Å². The van der Waals surface area contributed by atoms with E-state index in [0.29, 0.717) is 11.2 Å². The highest BCUT2D eigenvalue weighted by atomic mass is 35.5. The smallest absolute Gasteiger partial charge is 0.0894 e. The van der Waals surface area contributed by atoms with Gasteiger partial charge in [-0.15, -0.1) is 12.4 Å². The molecule has 0 radical (unpaired) electrons. The minimum atomic E-state index is -2.12. The van der Waals surface area contributed by atoms with Crippen molar-refractivity contribution >= 4 is 42.1 Å². The average Bonchev–Trinajstić information content (AvgIpc) is 2.53. The number of nitrogens with zero attached hydrogens (tertiary/aromatic N) is 1. The summed E-state index contributed by atoms with van der Waals surface area (Å²) >= 11 is 6.16. The molecule has 1 atom stereocenters. The van der Waals surface area contributed by atoms with Gasteiger partial charge in [0, 0.05) is 28.4 Å². The first-order valence-corrected chi connectivity index (χ1v) is 10.7. The SMILES string of the molecule is CP1(=O)CCc2nc3cc(Cl)ccc3c(-c3ccccc3)c2C1.Cl. The molecule has 1 aromatic heterocycles. The number of hydrogen-bond donors (Lipinski definition) is 0. The highest BCUT2D eigenvalue weighted by Crippen LogP contribution is 2.52. The van der Waals surface area contributed by atoms with Crippen LogP contribution >= 0.6 is 31.1 Å². The van der Waals surface area contributed by atoms with Gasteiger partial charge in [0.05, 0.1) is 12.7 Å². The fourth-order valence-corrected chi connectivity index (χ4v) is 5.41. The normalized spacial score (nSPS) is 19.6. The van der Waals surface area contributed by atoms with Gasteiger partial charge in [0.15, 0.2) is 0 Å². The van der Waals surface area contributed by atoms with Crippen molar-refractivity contribution in [2.45, 2.75) is 12.6 Å². The van der Waals surface area contributed by atoms with E-state index in [0.717, 1.165) is 40.3 Å². The van der Waals surface area contributed by atoms with Gasteiger partial charge in [-0.25, -0.2) is 0 Å². The third kappa shape index (κ3) is 3.11. The summed E-state index contributed by atoms with van der Waals surface area (Å²) in [5.41, 5.74) is 5.47. The molecule has 0 saturated carbocycles. The van der Waals surface area contributed by atoms with Crippen molar-refractivity contribution < 1.29 is 4.57 Å². The van der Waals surface area contributed by atoms with Gasteiger partial charge in [-0.1, -0.05) is 48.0 Å². The molecular formula is C19H18Cl2NOP. The van der Waals surface area contributed by atoms with Crippen molar-refractivity contribution in [2.24, 2.45) is 0 Å². The fourth-order valence-electron chi connectivity index (χ4n) is 3.40. The summed E-state index contributed by atoms with van der Waals surface area (Å²) in [5.74, 6) is 0. The molecule has 2 nitrogen and oxygen atoms in total. The summed E-state index contributed by atoms with van der Waals surface area (Å²) in [4.78, 5) is 4.82. The molecule has 0 amide bonds. The Kier molecular flexibility index (Phi) is 4.75. The van der Waals surface area contributed by atoms with Crippen molar-refractivity contribution in [3.05, 3.63) is 64.8 Å². The maximum absolute atomic E-state index is 12.7. The molecule has 5 heteroatoms. The molecule has 24 heavy (non-hydrogen) atoms. The molecule has 2 heterocycles. The minimum Gasteiger partial charge on any atom is -0.323 e. The number of pyridine rings is 1. The Labute approximate surface area is 153 Å². The zero-order valence-electron chi connectivity index (χ0n) is 13.3. The van der Waals surface area contributed by atoms with Crippen LogP contribution in [0.1, 0.15) is 11.3 Å². The van der Waals surface area contributed by atoms with Crippen LogP contribution in [0.3, 0.4) is 0 Å². The van der Waals surface area contributed by atoms with E-state index >= 15 is 0 Å². The van der Waals surface area contributed by atoms with Gasteiger partial charge in [-0.05, 0) is 41.9 Å². The van der Waals surface area contributed by atoms with Crippen LogP contribution in [0.5, 0.6) is 0 Å². The molecule has 1 unspecified atom stereocenters. The van der Waals surface area contributed by atoms with Crippen molar-refractivity contribution in [1.29, 1.82) is 0 Å². The Hall–Kier alpha value is -1.34. The van der Waals surface area contributed by atoms with Gasteiger partial charge in [0.2, 0.25) is 0 Å². The highest BCUT2D eigenvalue weighted by Gasteiger charge is 2.28. The molecule has 1 aliphatic rings. The van der Waals surface area contributed by atoms with Crippen LogP contribution in [-0.2, 0) is 17.1 Å². The highest BCUT2D eigenvalue weighted by molar-refractivity contribution is 7.62. The number of aryl methyl sites for hydroxylation is 1. The Balaban J connectivity index is 0.00000169. The lowest BCUT2D eigenvalue weighted by molar-refractivity contribution is 0.575. The first kappa shape index (κ1) is 17.5. The van der Waals surface area contributed by atoms with Crippen molar-refractivity contribution in [2.75, 3.05) is 12.8 Å². The Morgan fingerprint density at radius 2 is 1.88 bits per heavy atom. The molecule has 0 aliphatic carbocycles. The van der Waals surface area contributed by atoms with Crippen LogP contribution in [0, 0.1) is 0 Å². The fraction of sp³-hybridized carbons (Fsp3) is 0.211. The summed E-state index contributed by atoms with van der Waals surface area (Å²) in [6.45, 7) is 1.91. The quantitative estimate of drug-likeness (QED) is 0.484. The van der Waals surface area contributed by atoms with Crippen LogP contribution in [0.15, 0.2) is 48.5 Å². The monoisotopic (exact) mass is 377 g/mol. The maximum Gasteiger partial charge on any atom is 0.0894 e. The average molecular weight is 378 g/mol. The van der Waals surface area contributed by atoms with E-state index in [1.807, 2.05) is 43.1 Å². The van der Waals surface area contributed by atoms with E-state index in [9.17, 15) is 4.57 Å². The van der Waals surface area contributed by atoms with Crippen LogP contribution in [0.4, 0.5) is 0 Å². The van der Waals surface area contributed by atoms with Crippen molar-refractivity contribution in [3.63, 3.8) is 0 Å². The van der Waals surface area contributed by atoms with E-state index < -0.39 is 7.14 Å². The number of halogens is 2. The van der Waals surface area contributed by atoms with Gasteiger partial charge in [-0.2, -0.15) is 0 Å². The number of hydrogen-bond acceptors (Lipinski definition) is 2. The standard InChI is InChI=1S/C19H17ClNOP.ClH/c1-23(22)10-9-17-16(12-23)19(13-5-3-2-4-6-13)15-8-7-14(20)11-18(15)21-17;/h2-8,11H,9-10,12H2,1H3;1H. The first-order valence-electron chi connectivity index (χ1n) is 7.75. The Bertz CT molecular complexity index is 956. The van der Waals surface area contributed by atoms with E-state index in [1.165, 1.54) is 5.56 Å². The Morgan fingerprint density at radius 1 is 1.12 bits per heavy atom. The number of aromatic nitrogens is 1. The van der Waals surface area contributed by atoms with Gasteiger partial charge in [0.1, 0.15) is 0 Å². The lowest BCUT2D eigenvalue weighted by atomic mass is 9.94. The minimum absolute atomic E-state index is 0. The molecular weight excluding hydrogens is 360 g/mol. The molecule has 0 saturated heterocycles. The second kappa shape index (κ2) is 6.52. The maximum atomic E-state index is 12.7. The van der Waals surface area contributed by atoms with E-state index in [4.69, 9.17) is 16.6 Å². The van der Waals surface area contributed by atoms with Crippen molar-refractivity contribution in [3.8, 4) is 11.1 Å². The van der Waals surface area contributed by atoms with Crippen LogP contribution in [0.2, 0.25) is 5.02 Å². The van der Waals surface area contributed by atoms with Crippen molar-refractivity contribution in [1.82, 2.24) is 4.98 Å². The predicted octanol–water partition coefficient (Wildman–Crippen LogP) is 6.03. The second-order valence-corrected chi connectivity index (χ2v) is 10.2. The summed E-state index contributed by atoms with van der Waals surface area (Å²) in [6, 6.07) is 16.2. The number of benzene rings is 2. The second-order valence-electron chi connectivity index (χ2n) is 6.37. The molecule has 4 rings (SSSR count). The zero-order chi connectivity index (χ0) is 16.0. The third-order valence-electron chi connectivity index (χ3n) is 4.51. The third-order valence-corrected chi connectivity index (χ3v) is 6.90. The summed E-state index contributed by atoms with van der Waals surface area (Å²) < 4.78 is 12.7. The molecule has 0 bridgehead atoms. The molecule has 0 spiro atoms. The van der Waals surface area contributed by atoms with Gasteiger partial charge in [-0.3, -0.25) is 4.98 Å². The summed E-state index contributed by atoms with van der Waals surface area (Å²) in [5, 5.41) is 1.78. The topological polar surface area (TPSA) is 30.0 Å². The van der Waals surface area contributed by atoms with E-state index in [2.05, 4.69) is 12.1 Å². The zero-order valence-corrected chi connectivity index (χ0v) is 15.8. The molecule has 3 aromatic rings. The molecule has 1 aliphatic heterocycles. The van der Waals surface area contributed by atoms with Gasteiger partial charge in [0.25, 0.3) is 0 Å². The lowest BCUT2D eigenvalue weighted by Crippen LogP contribution is -2.11. The Morgan fingerprint density at radius 3 is 2.62 bits per heavy atom. The number of rotatable bonds is 1. The van der Waals surface area contributed by atoms with E-state index in [-0.39, 0.29) is 12.4 Å². The van der Waals surface area contributed by atoms with Crippen LogP contribution in [-0.4, -0.2) is 17.8 Å². The lowest BCUT2D eigenvalue weighted by Gasteiger charge is -2.25. The summed E-state index contributed by atoms with van der Waals surface area (Å²) in [6.07, 6.45) is 2.16. The predicted molar refractivity (Wildman–Crippen MR) is 105 cm³/mol. The number of fused-ring (bicyclic) bond motifs is 2. The largest absolute Gasteiger partial charge is 0.323 e. The molecule has 0 N–H and O–H groups in total. The summed E-state index contributed by atoms with van der Waals surface area (Å²) in [7, 11) is -2.12.